The van der Waals surface area contributed by atoms with Gasteiger partial charge in [-0.2, -0.15) is 0 Å². The van der Waals surface area contributed by atoms with Crippen LogP contribution in [-0.2, 0) is 0 Å². The highest BCUT2D eigenvalue weighted by atomic mass is 13.9. The van der Waals surface area contributed by atoms with Crippen molar-refractivity contribution in [3.8, 4) is 0 Å². The van der Waals surface area contributed by atoms with Crippen LogP contribution in [0.25, 0.3) is 0 Å². The predicted octanol–water partition coefficient (Wildman–Crippen LogP) is 3.16. The molecule has 0 radical (unpaired) electrons. The van der Waals surface area contributed by atoms with Gasteiger partial charge in [-0.1, -0.05) is 44.6 Å². The number of allylic oxidation sites excluding steroid dienone is 4. The maximum absolute atomic E-state index is 2.22. The molecule has 0 nitrogen and oxygen atoms in total. The minimum atomic E-state index is 0.723. The minimum absolute atomic E-state index is 0.723. The van der Waals surface area contributed by atoms with Gasteiger partial charge < -0.3 is 0 Å². The van der Waals surface area contributed by atoms with Crippen molar-refractivity contribution >= 4 is 0 Å². The lowest BCUT2D eigenvalue weighted by molar-refractivity contribution is 0.698. The zero-order valence-corrected chi connectivity index (χ0v) is 6.59. The van der Waals surface area contributed by atoms with Crippen molar-refractivity contribution in [3.05, 3.63) is 24.3 Å². The molecular formula is C9H16. The normalized spacial score (nSPS) is 15.4. The standard InChI is InChI=1S/C9H16/c1-4-6-7-8-9(3)5-2/h4,6-9H,5H2,1-3H3/b6-4+,8-7-/t9-/m0/s1. The maximum atomic E-state index is 2.22. The second kappa shape index (κ2) is 5.61. The zero-order valence-electron chi connectivity index (χ0n) is 6.59. The van der Waals surface area contributed by atoms with E-state index in [9.17, 15) is 0 Å². The fraction of sp³-hybridized carbons (Fsp3) is 0.556. The monoisotopic (exact) mass is 124 g/mol. The van der Waals surface area contributed by atoms with Gasteiger partial charge in [0.15, 0.2) is 0 Å². The van der Waals surface area contributed by atoms with Gasteiger partial charge in [0.2, 0.25) is 0 Å². The summed E-state index contributed by atoms with van der Waals surface area (Å²) in [6, 6.07) is 0. The molecule has 0 amide bonds. The molecule has 0 saturated carbocycles. The lowest BCUT2D eigenvalue weighted by Gasteiger charge is -1.96. The molecular weight excluding hydrogens is 108 g/mol. The average Bonchev–Trinajstić information content (AvgIpc) is 1.89. The van der Waals surface area contributed by atoms with E-state index in [4.69, 9.17) is 0 Å². The Labute approximate surface area is 58.3 Å². The van der Waals surface area contributed by atoms with E-state index >= 15 is 0 Å². The summed E-state index contributed by atoms with van der Waals surface area (Å²) >= 11 is 0. The first kappa shape index (κ1) is 8.48. The molecule has 0 unspecified atom stereocenters. The van der Waals surface area contributed by atoms with E-state index in [1.807, 2.05) is 13.0 Å². The van der Waals surface area contributed by atoms with E-state index in [1.165, 1.54) is 6.42 Å². The van der Waals surface area contributed by atoms with Gasteiger partial charge in [-0.05, 0) is 12.8 Å². The first-order valence-corrected chi connectivity index (χ1v) is 3.60. The summed E-state index contributed by atoms with van der Waals surface area (Å²) in [5.41, 5.74) is 0. The Kier molecular flexibility index (Phi) is 5.29. The van der Waals surface area contributed by atoms with E-state index in [0.29, 0.717) is 0 Å². The number of hydrogen-bond acceptors (Lipinski definition) is 0. The Hall–Kier alpha value is -0.520. The van der Waals surface area contributed by atoms with Crippen LogP contribution in [0.4, 0.5) is 0 Å². The zero-order chi connectivity index (χ0) is 7.11. The van der Waals surface area contributed by atoms with Crippen molar-refractivity contribution in [1.29, 1.82) is 0 Å². The summed E-state index contributed by atoms with van der Waals surface area (Å²) in [4.78, 5) is 0. The molecule has 0 rings (SSSR count). The van der Waals surface area contributed by atoms with E-state index in [0.717, 1.165) is 5.92 Å². The smallest absolute Gasteiger partial charge is 0.0261 e. The average molecular weight is 124 g/mol. The van der Waals surface area contributed by atoms with E-state index < -0.39 is 0 Å². The van der Waals surface area contributed by atoms with Crippen LogP contribution in [0.2, 0.25) is 0 Å². The summed E-state index contributed by atoms with van der Waals surface area (Å²) < 4.78 is 0. The molecule has 0 aliphatic heterocycles. The van der Waals surface area contributed by atoms with Gasteiger partial charge in [0.25, 0.3) is 0 Å². The third kappa shape index (κ3) is 5.35. The molecule has 0 saturated heterocycles. The van der Waals surface area contributed by atoms with Gasteiger partial charge in [0.05, 0.1) is 0 Å². The second-order valence-corrected chi connectivity index (χ2v) is 2.30. The molecule has 9 heavy (non-hydrogen) atoms. The van der Waals surface area contributed by atoms with Crippen molar-refractivity contribution in [3.63, 3.8) is 0 Å². The highest BCUT2D eigenvalue weighted by Gasteiger charge is 1.86. The molecule has 0 fully saturated rings. The van der Waals surface area contributed by atoms with Gasteiger partial charge in [-0.15, -0.1) is 0 Å². The van der Waals surface area contributed by atoms with Crippen LogP contribution in [0.15, 0.2) is 24.3 Å². The van der Waals surface area contributed by atoms with Crippen molar-refractivity contribution in [2.24, 2.45) is 5.92 Å². The molecule has 0 aliphatic carbocycles. The van der Waals surface area contributed by atoms with Crippen LogP contribution < -0.4 is 0 Å². The van der Waals surface area contributed by atoms with Crippen LogP contribution in [0.5, 0.6) is 0 Å². The quantitative estimate of drug-likeness (QED) is 0.507. The van der Waals surface area contributed by atoms with Gasteiger partial charge in [0.1, 0.15) is 0 Å². The minimum Gasteiger partial charge on any atom is -0.0877 e. The lowest BCUT2D eigenvalue weighted by atomic mass is 10.1. The van der Waals surface area contributed by atoms with Gasteiger partial charge in [-0.25, -0.2) is 0 Å². The molecule has 0 N–H and O–H groups in total. The number of rotatable bonds is 3. The SMILES string of the molecule is C/C=C/C=C\[C@@H](C)CC. The van der Waals surface area contributed by atoms with E-state index in [2.05, 4.69) is 32.1 Å². The molecule has 0 bridgehead atoms. The third-order valence-corrected chi connectivity index (χ3v) is 1.39. The first-order valence-electron chi connectivity index (χ1n) is 3.60. The third-order valence-electron chi connectivity index (χ3n) is 1.39. The predicted molar refractivity (Wildman–Crippen MR) is 43.4 cm³/mol. The molecule has 0 heteroatoms. The van der Waals surface area contributed by atoms with E-state index in [-0.39, 0.29) is 0 Å². The maximum Gasteiger partial charge on any atom is -0.0261 e. The summed E-state index contributed by atoms with van der Waals surface area (Å²) in [5.74, 6) is 0.723. The van der Waals surface area contributed by atoms with Gasteiger partial charge >= 0.3 is 0 Å². The Balaban J connectivity index is 3.43. The molecule has 1 atom stereocenters. The Morgan fingerprint density at radius 2 is 2.00 bits per heavy atom. The van der Waals surface area contributed by atoms with E-state index in [1.54, 1.807) is 0 Å². The summed E-state index contributed by atoms with van der Waals surface area (Å²) in [6.07, 6.45) is 9.66. The highest BCUT2D eigenvalue weighted by Crippen LogP contribution is 2.01. The highest BCUT2D eigenvalue weighted by molar-refractivity contribution is 5.02. The largest absolute Gasteiger partial charge is 0.0877 e. The molecule has 0 heterocycles. The van der Waals surface area contributed by atoms with Gasteiger partial charge in [-0.3, -0.25) is 0 Å². The lowest BCUT2D eigenvalue weighted by Crippen LogP contribution is -1.82. The fourth-order valence-electron chi connectivity index (χ4n) is 0.501. The van der Waals surface area contributed by atoms with Crippen molar-refractivity contribution in [2.45, 2.75) is 27.2 Å². The topological polar surface area (TPSA) is 0 Å². The summed E-state index contributed by atoms with van der Waals surface area (Å²) in [5, 5.41) is 0. The van der Waals surface area contributed by atoms with Crippen LogP contribution >= 0.6 is 0 Å². The van der Waals surface area contributed by atoms with Crippen molar-refractivity contribution in [2.75, 3.05) is 0 Å². The molecule has 0 spiro atoms. The van der Waals surface area contributed by atoms with Crippen molar-refractivity contribution in [1.82, 2.24) is 0 Å². The van der Waals surface area contributed by atoms with Gasteiger partial charge in [0, 0.05) is 0 Å². The Morgan fingerprint density at radius 3 is 2.44 bits per heavy atom. The Bertz CT molecular complexity index is 98.6. The molecule has 0 aliphatic rings. The number of hydrogen-bond donors (Lipinski definition) is 0. The second-order valence-electron chi connectivity index (χ2n) is 2.30. The molecule has 0 aromatic carbocycles. The van der Waals surface area contributed by atoms with Crippen molar-refractivity contribution < 1.29 is 0 Å². The van der Waals surface area contributed by atoms with Crippen LogP contribution in [0, 0.1) is 5.92 Å². The van der Waals surface area contributed by atoms with Crippen LogP contribution in [0.1, 0.15) is 27.2 Å². The van der Waals surface area contributed by atoms with Crippen LogP contribution in [-0.4, -0.2) is 0 Å². The Morgan fingerprint density at radius 1 is 1.33 bits per heavy atom. The first-order chi connectivity index (χ1) is 4.31. The summed E-state index contributed by atoms with van der Waals surface area (Å²) in [6.45, 7) is 6.45. The molecule has 52 valence electrons. The van der Waals surface area contributed by atoms with Crippen LogP contribution in [0.3, 0.4) is 0 Å². The summed E-state index contributed by atoms with van der Waals surface area (Å²) in [7, 11) is 0. The molecule has 0 aromatic heterocycles. The fourth-order valence-corrected chi connectivity index (χ4v) is 0.501. The molecule has 0 aromatic rings.